The molecule has 0 atom stereocenters. The third-order valence-electron chi connectivity index (χ3n) is 1.13. The van der Waals surface area contributed by atoms with Crippen LogP contribution < -0.4 is 0 Å². The molecule has 0 spiro atoms. The first kappa shape index (κ1) is 7.29. The Kier molecular flexibility index (Phi) is 2.46. The Labute approximate surface area is 65.4 Å². The summed E-state index contributed by atoms with van der Waals surface area (Å²) in [4.78, 5) is 3.86. The molecule has 0 saturated carbocycles. The van der Waals surface area contributed by atoms with Crippen LogP contribution in [0.4, 0.5) is 0 Å². The Bertz CT molecular complexity index is 243. The van der Waals surface area contributed by atoms with Gasteiger partial charge in [0.15, 0.2) is 0 Å². The Morgan fingerprint density at radius 3 is 2.90 bits per heavy atom. The first-order valence-electron chi connectivity index (χ1n) is 3.00. The van der Waals surface area contributed by atoms with Crippen molar-refractivity contribution in [1.82, 2.24) is 0 Å². The number of rotatable bonds is 1. The lowest BCUT2D eigenvalue weighted by atomic mass is 10.2. The maximum atomic E-state index is 5.72. The molecule has 0 aromatic heterocycles. The quantitative estimate of drug-likeness (QED) is 0.550. The second-order valence-corrected chi connectivity index (χ2v) is 2.38. The van der Waals surface area contributed by atoms with Crippen LogP contribution >= 0.6 is 11.6 Å². The molecule has 0 unspecified atom stereocenters. The summed E-state index contributed by atoms with van der Waals surface area (Å²) in [7, 11) is 1.74. The summed E-state index contributed by atoms with van der Waals surface area (Å²) in [5, 5.41) is 0.748. The van der Waals surface area contributed by atoms with Crippen molar-refractivity contribution < 1.29 is 0 Å². The smallest absolute Gasteiger partial charge is 0.0412 e. The van der Waals surface area contributed by atoms with E-state index in [4.69, 9.17) is 11.6 Å². The molecular formula is C8H8ClN. The summed E-state index contributed by atoms with van der Waals surface area (Å²) in [5.74, 6) is 0. The van der Waals surface area contributed by atoms with E-state index in [0.29, 0.717) is 0 Å². The maximum absolute atomic E-state index is 5.72. The highest BCUT2D eigenvalue weighted by atomic mass is 35.5. The Morgan fingerprint density at radius 2 is 2.30 bits per heavy atom. The first-order valence-corrected chi connectivity index (χ1v) is 3.38. The van der Waals surface area contributed by atoms with Gasteiger partial charge in [-0.1, -0.05) is 23.7 Å². The van der Waals surface area contributed by atoms with Gasteiger partial charge in [0.1, 0.15) is 0 Å². The van der Waals surface area contributed by atoms with Gasteiger partial charge < -0.3 is 0 Å². The first-order chi connectivity index (χ1) is 4.83. The molecule has 0 fully saturated rings. The lowest BCUT2D eigenvalue weighted by Crippen LogP contribution is -1.77. The van der Waals surface area contributed by atoms with E-state index in [1.807, 2.05) is 24.3 Å². The van der Waals surface area contributed by atoms with Gasteiger partial charge in [0.05, 0.1) is 0 Å². The average Bonchev–Trinajstić information content (AvgIpc) is 1.88. The van der Waals surface area contributed by atoms with Gasteiger partial charge in [0, 0.05) is 18.3 Å². The third kappa shape index (κ3) is 1.85. The summed E-state index contributed by atoms with van der Waals surface area (Å²) >= 11 is 5.72. The minimum atomic E-state index is 0.748. The fourth-order valence-electron chi connectivity index (χ4n) is 0.736. The minimum Gasteiger partial charge on any atom is -0.296 e. The van der Waals surface area contributed by atoms with Crippen molar-refractivity contribution in [2.75, 3.05) is 7.05 Å². The van der Waals surface area contributed by atoms with Crippen molar-refractivity contribution >= 4 is 17.8 Å². The van der Waals surface area contributed by atoms with Crippen molar-refractivity contribution in [3.63, 3.8) is 0 Å². The Hall–Kier alpha value is -0.820. The lowest BCUT2D eigenvalue weighted by molar-refractivity contribution is 1.46. The fourth-order valence-corrected chi connectivity index (χ4v) is 0.935. The predicted molar refractivity (Wildman–Crippen MR) is 45.0 cm³/mol. The maximum Gasteiger partial charge on any atom is 0.0412 e. The zero-order valence-corrected chi connectivity index (χ0v) is 6.47. The number of halogens is 1. The molecule has 0 N–H and O–H groups in total. The average molecular weight is 154 g/mol. The van der Waals surface area contributed by atoms with E-state index in [1.165, 1.54) is 0 Å². The van der Waals surface area contributed by atoms with Gasteiger partial charge in [-0.3, -0.25) is 4.99 Å². The highest BCUT2D eigenvalue weighted by molar-refractivity contribution is 6.30. The van der Waals surface area contributed by atoms with Crippen LogP contribution in [0.2, 0.25) is 5.02 Å². The number of hydrogen-bond donors (Lipinski definition) is 0. The number of nitrogens with zero attached hydrogens (tertiary/aromatic N) is 1. The summed E-state index contributed by atoms with van der Waals surface area (Å²) in [6.45, 7) is 0. The summed E-state index contributed by atoms with van der Waals surface area (Å²) in [5.41, 5.74) is 1.04. The SMILES string of the molecule is C/N=C/c1cccc(Cl)c1. The van der Waals surface area contributed by atoms with E-state index in [1.54, 1.807) is 13.3 Å². The highest BCUT2D eigenvalue weighted by Crippen LogP contribution is 2.08. The van der Waals surface area contributed by atoms with E-state index < -0.39 is 0 Å². The molecule has 52 valence electrons. The molecule has 0 bridgehead atoms. The van der Waals surface area contributed by atoms with Crippen LogP contribution in [-0.4, -0.2) is 13.3 Å². The van der Waals surface area contributed by atoms with Crippen molar-refractivity contribution in [2.45, 2.75) is 0 Å². The summed E-state index contributed by atoms with van der Waals surface area (Å²) in [6, 6.07) is 7.57. The second kappa shape index (κ2) is 3.37. The monoisotopic (exact) mass is 153 g/mol. The molecule has 0 aliphatic heterocycles. The molecule has 10 heavy (non-hydrogen) atoms. The van der Waals surface area contributed by atoms with Crippen molar-refractivity contribution in [1.29, 1.82) is 0 Å². The summed E-state index contributed by atoms with van der Waals surface area (Å²) in [6.07, 6.45) is 1.77. The van der Waals surface area contributed by atoms with Crippen LogP contribution in [0.15, 0.2) is 29.3 Å². The molecule has 0 saturated heterocycles. The van der Waals surface area contributed by atoms with Gasteiger partial charge in [-0.2, -0.15) is 0 Å². The molecule has 2 heteroatoms. The van der Waals surface area contributed by atoms with E-state index in [-0.39, 0.29) is 0 Å². The topological polar surface area (TPSA) is 12.4 Å². The highest BCUT2D eigenvalue weighted by Gasteiger charge is 1.86. The minimum absolute atomic E-state index is 0.748. The molecule has 1 rings (SSSR count). The van der Waals surface area contributed by atoms with Crippen molar-refractivity contribution in [3.8, 4) is 0 Å². The third-order valence-corrected chi connectivity index (χ3v) is 1.36. The zero-order valence-electron chi connectivity index (χ0n) is 5.71. The Balaban J connectivity index is 2.95. The van der Waals surface area contributed by atoms with E-state index in [0.717, 1.165) is 10.6 Å². The van der Waals surface area contributed by atoms with E-state index in [2.05, 4.69) is 4.99 Å². The van der Waals surface area contributed by atoms with Gasteiger partial charge in [0.25, 0.3) is 0 Å². The normalized spacial score (nSPS) is 10.6. The molecule has 0 heterocycles. The standard InChI is InChI=1S/C8H8ClN/c1-10-6-7-3-2-4-8(9)5-7/h2-6H,1H3/b10-6+. The number of aliphatic imine (C=N–C) groups is 1. The molecule has 0 amide bonds. The van der Waals surface area contributed by atoms with Gasteiger partial charge in [-0.05, 0) is 17.7 Å². The van der Waals surface area contributed by atoms with E-state index >= 15 is 0 Å². The molecule has 1 nitrogen and oxygen atoms in total. The Morgan fingerprint density at radius 1 is 1.50 bits per heavy atom. The van der Waals surface area contributed by atoms with Gasteiger partial charge in [0.2, 0.25) is 0 Å². The predicted octanol–water partition coefficient (Wildman–Crippen LogP) is 2.39. The van der Waals surface area contributed by atoms with Crippen LogP contribution in [0.25, 0.3) is 0 Å². The van der Waals surface area contributed by atoms with Gasteiger partial charge in [-0.25, -0.2) is 0 Å². The van der Waals surface area contributed by atoms with Crippen LogP contribution in [0.5, 0.6) is 0 Å². The van der Waals surface area contributed by atoms with Gasteiger partial charge in [-0.15, -0.1) is 0 Å². The zero-order chi connectivity index (χ0) is 7.40. The fraction of sp³-hybridized carbons (Fsp3) is 0.125. The molecular weight excluding hydrogens is 146 g/mol. The second-order valence-electron chi connectivity index (χ2n) is 1.94. The van der Waals surface area contributed by atoms with Crippen molar-refractivity contribution in [3.05, 3.63) is 34.9 Å². The summed E-state index contributed by atoms with van der Waals surface area (Å²) < 4.78 is 0. The molecule has 1 aromatic carbocycles. The lowest BCUT2D eigenvalue weighted by Gasteiger charge is -1.90. The largest absolute Gasteiger partial charge is 0.296 e. The number of hydrogen-bond acceptors (Lipinski definition) is 1. The van der Waals surface area contributed by atoms with Crippen LogP contribution in [0, 0.1) is 0 Å². The molecule has 0 radical (unpaired) electrons. The van der Waals surface area contributed by atoms with Crippen LogP contribution in [0.3, 0.4) is 0 Å². The molecule has 0 aliphatic carbocycles. The molecule has 1 aromatic rings. The van der Waals surface area contributed by atoms with Gasteiger partial charge >= 0.3 is 0 Å². The van der Waals surface area contributed by atoms with Crippen molar-refractivity contribution in [2.24, 2.45) is 4.99 Å². The molecule has 0 aliphatic rings. The van der Waals surface area contributed by atoms with E-state index in [9.17, 15) is 0 Å². The number of benzene rings is 1. The van der Waals surface area contributed by atoms with Crippen LogP contribution in [-0.2, 0) is 0 Å². The van der Waals surface area contributed by atoms with Crippen LogP contribution in [0.1, 0.15) is 5.56 Å².